The lowest BCUT2D eigenvalue weighted by molar-refractivity contribution is -0.122. The molecule has 0 saturated heterocycles. The Morgan fingerprint density at radius 1 is 1.61 bits per heavy atom. The second-order valence-electron chi connectivity index (χ2n) is 4.01. The molecule has 1 unspecified atom stereocenters. The first kappa shape index (κ1) is 13.8. The van der Waals surface area contributed by atoms with Crippen LogP contribution in [-0.4, -0.2) is 16.5 Å². The lowest BCUT2D eigenvalue weighted by Crippen LogP contribution is -2.38. The third-order valence-corrected chi connectivity index (χ3v) is 2.54. The van der Waals surface area contributed by atoms with Gasteiger partial charge in [0, 0.05) is 30.4 Å². The van der Waals surface area contributed by atoms with E-state index in [4.69, 9.17) is 12.2 Å². The van der Waals surface area contributed by atoms with Crippen LogP contribution in [0.3, 0.4) is 0 Å². The minimum atomic E-state index is -0.260. The van der Waals surface area contributed by atoms with Crippen LogP contribution >= 0.6 is 0 Å². The van der Waals surface area contributed by atoms with Gasteiger partial charge in [-0.3, -0.25) is 9.59 Å². The van der Waals surface area contributed by atoms with E-state index in [1.807, 2.05) is 6.92 Å². The van der Waals surface area contributed by atoms with Crippen molar-refractivity contribution in [3.8, 4) is 12.3 Å². The van der Waals surface area contributed by atoms with Gasteiger partial charge in [0.25, 0.3) is 5.56 Å². The molecule has 18 heavy (non-hydrogen) atoms. The molecule has 0 aliphatic carbocycles. The van der Waals surface area contributed by atoms with Crippen molar-refractivity contribution >= 4 is 11.6 Å². The van der Waals surface area contributed by atoms with E-state index >= 15 is 0 Å². The van der Waals surface area contributed by atoms with Gasteiger partial charge >= 0.3 is 0 Å². The van der Waals surface area contributed by atoms with Gasteiger partial charge in [0.15, 0.2) is 0 Å². The monoisotopic (exact) mass is 247 g/mol. The van der Waals surface area contributed by atoms with Gasteiger partial charge in [-0.2, -0.15) is 0 Å². The van der Waals surface area contributed by atoms with Gasteiger partial charge < -0.3 is 15.6 Å². The molecule has 0 spiro atoms. The number of rotatable bonds is 5. The molecule has 96 valence electrons. The van der Waals surface area contributed by atoms with Crippen LogP contribution in [0.1, 0.15) is 19.8 Å². The van der Waals surface area contributed by atoms with Crippen LogP contribution in [-0.2, 0) is 11.3 Å². The topological polar surface area (TPSA) is 77.1 Å². The van der Waals surface area contributed by atoms with E-state index in [1.165, 1.54) is 22.9 Å². The van der Waals surface area contributed by atoms with Crippen molar-refractivity contribution < 1.29 is 4.79 Å². The molecule has 1 atom stereocenters. The summed E-state index contributed by atoms with van der Waals surface area (Å²) >= 11 is 0. The fourth-order valence-electron chi connectivity index (χ4n) is 1.54. The van der Waals surface area contributed by atoms with Gasteiger partial charge in [-0.1, -0.05) is 6.92 Å². The summed E-state index contributed by atoms with van der Waals surface area (Å²) in [6.45, 7) is 1.89. The highest BCUT2D eigenvalue weighted by Gasteiger charge is 2.10. The number of amides is 1. The quantitative estimate of drug-likeness (QED) is 0.737. The Bertz CT molecular complexity index is 514. The highest BCUT2D eigenvalue weighted by Crippen LogP contribution is 1.98. The van der Waals surface area contributed by atoms with E-state index in [2.05, 4.69) is 11.2 Å². The molecule has 1 aromatic heterocycles. The molecule has 5 heteroatoms. The molecule has 5 nitrogen and oxygen atoms in total. The first-order valence-electron chi connectivity index (χ1n) is 5.75. The first-order valence-corrected chi connectivity index (χ1v) is 5.75. The molecule has 0 fully saturated rings. The standard InChI is InChI=1S/C13H17N3O2/c1-3-5-11(4-2)15-12(17)9-16-8-10(14)6-7-13(16)18/h1,6-8,11H,4-5,9,14H2,2H3,(H,15,17). The van der Waals surface area contributed by atoms with Crippen LogP contribution in [0.25, 0.3) is 0 Å². The van der Waals surface area contributed by atoms with Crippen LogP contribution in [0.15, 0.2) is 23.1 Å². The zero-order chi connectivity index (χ0) is 13.5. The predicted molar refractivity (Wildman–Crippen MR) is 70.8 cm³/mol. The number of nitrogens with two attached hydrogens (primary N) is 1. The average Bonchev–Trinajstić information content (AvgIpc) is 2.33. The number of carbonyl (C=O) groups excluding carboxylic acids is 1. The lowest BCUT2D eigenvalue weighted by atomic mass is 10.1. The van der Waals surface area contributed by atoms with Crippen LogP contribution in [0, 0.1) is 12.3 Å². The maximum atomic E-state index is 11.7. The number of aromatic nitrogens is 1. The summed E-state index contributed by atoms with van der Waals surface area (Å²) in [7, 11) is 0. The summed E-state index contributed by atoms with van der Waals surface area (Å²) in [4.78, 5) is 23.2. The lowest BCUT2D eigenvalue weighted by Gasteiger charge is -2.14. The van der Waals surface area contributed by atoms with Gasteiger partial charge in [0.1, 0.15) is 6.54 Å². The molecular formula is C13H17N3O2. The highest BCUT2D eigenvalue weighted by molar-refractivity contribution is 5.76. The fourth-order valence-corrected chi connectivity index (χ4v) is 1.54. The number of hydrogen-bond acceptors (Lipinski definition) is 3. The Balaban J connectivity index is 2.67. The predicted octanol–water partition coefficient (Wildman–Crippen LogP) is 0.349. The van der Waals surface area contributed by atoms with Crippen LogP contribution in [0.4, 0.5) is 5.69 Å². The SMILES string of the molecule is C#CCC(CC)NC(=O)Cn1cc(N)ccc1=O. The fraction of sp³-hybridized carbons (Fsp3) is 0.385. The van der Waals surface area contributed by atoms with E-state index in [-0.39, 0.29) is 24.1 Å². The van der Waals surface area contributed by atoms with Gasteiger partial charge in [-0.15, -0.1) is 12.3 Å². The molecule has 0 saturated carbocycles. The molecule has 1 rings (SSSR count). The van der Waals surface area contributed by atoms with Crippen molar-refractivity contribution in [2.45, 2.75) is 32.4 Å². The number of anilines is 1. The minimum Gasteiger partial charge on any atom is -0.398 e. The molecule has 3 N–H and O–H groups in total. The molecule has 0 bridgehead atoms. The zero-order valence-electron chi connectivity index (χ0n) is 10.3. The van der Waals surface area contributed by atoms with E-state index in [9.17, 15) is 9.59 Å². The Kier molecular flexibility index (Phi) is 5.00. The molecule has 1 amide bonds. The van der Waals surface area contributed by atoms with E-state index in [0.717, 1.165) is 6.42 Å². The van der Waals surface area contributed by atoms with Gasteiger partial charge in [0.05, 0.1) is 0 Å². The van der Waals surface area contributed by atoms with E-state index < -0.39 is 0 Å². The van der Waals surface area contributed by atoms with E-state index in [0.29, 0.717) is 12.1 Å². The van der Waals surface area contributed by atoms with Crippen LogP contribution in [0.5, 0.6) is 0 Å². The molecular weight excluding hydrogens is 230 g/mol. The molecule has 0 aliphatic heterocycles. The second-order valence-corrected chi connectivity index (χ2v) is 4.01. The van der Waals surface area contributed by atoms with E-state index in [1.54, 1.807) is 0 Å². The van der Waals surface area contributed by atoms with Crippen molar-refractivity contribution in [1.82, 2.24) is 9.88 Å². The first-order chi connectivity index (χ1) is 8.56. The number of nitrogen functional groups attached to an aromatic ring is 1. The number of carbonyl (C=O) groups is 1. The minimum absolute atomic E-state index is 0.0507. The molecule has 0 aliphatic rings. The maximum absolute atomic E-state index is 11.7. The van der Waals surface area contributed by atoms with Crippen molar-refractivity contribution in [2.24, 2.45) is 0 Å². The number of terminal acetylenes is 1. The summed E-state index contributed by atoms with van der Waals surface area (Å²) in [5.74, 6) is 2.26. The third kappa shape index (κ3) is 3.98. The number of pyridine rings is 1. The summed E-state index contributed by atoms with van der Waals surface area (Å²) in [5, 5.41) is 2.78. The second kappa shape index (κ2) is 6.50. The van der Waals surface area contributed by atoms with Crippen LogP contribution in [0.2, 0.25) is 0 Å². The van der Waals surface area contributed by atoms with Crippen molar-refractivity contribution in [1.29, 1.82) is 0 Å². The molecule has 1 heterocycles. The molecule has 1 aromatic rings. The van der Waals surface area contributed by atoms with Crippen molar-refractivity contribution in [2.75, 3.05) is 5.73 Å². The maximum Gasteiger partial charge on any atom is 0.251 e. The Morgan fingerprint density at radius 3 is 2.94 bits per heavy atom. The average molecular weight is 247 g/mol. The third-order valence-electron chi connectivity index (χ3n) is 2.54. The smallest absolute Gasteiger partial charge is 0.251 e. The van der Waals surface area contributed by atoms with Crippen molar-refractivity contribution in [3.63, 3.8) is 0 Å². The normalized spacial score (nSPS) is 11.6. The number of hydrogen-bond donors (Lipinski definition) is 2. The number of nitrogens with zero attached hydrogens (tertiary/aromatic N) is 1. The summed E-state index contributed by atoms with van der Waals surface area (Å²) in [6.07, 6.45) is 7.88. The summed E-state index contributed by atoms with van der Waals surface area (Å²) in [6, 6.07) is 2.78. The summed E-state index contributed by atoms with van der Waals surface area (Å²) in [5.41, 5.74) is 5.74. The zero-order valence-corrected chi connectivity index (χ0v) is 10.3. The summed E-state index contributed by atoms with van der Waals surface area (Å²) < 4.78 is 1.27. The molecule has 0 aromatic carbocycles. The highest BCUT2D eigenvalue weighted by atomic mass is 16.2. The number of nitrogens with one attached hydrogen (secondary N) is 1. The van der Waals surface area contributed by atoms with Crippen molar-refractivity contribution in [3.05, 3.63) is 28.7 Å². The van der Waals surface area contributed by atoms with Gasteiger partial charge in [-0.05, 0) is 12.5 Å². The largest absolute Gasteiger partial charge is 0.398 e. The van der Waals surface area contributed by atoms with Gasteiger partial charge in [0.2, 0.25) is 5.91 Å². The Morgan fingerprint density at radius 2 is 2.33 bits per heavy atom. The Hall–Kier alpha value is -2.22. The van der Waals surface area contributed by atoms with Gasteiger partial charge in [-0.25, -0.2) is 0 Å². The van der Waals surface area contributed by atoms with Crippen LogP contribution < -0.4 is 16.6 Å². The Labute approximate surface area is 106 Å². The molecule has 0 radical (unpaired) electrons.